The van der Waals surface area contributed by atoms with Crippen LogP contribution in [0, 0.1) is 11.8 Å². The molecule has 5 rings (SSSR count). The van der Waals surface area contributed by atoms with Crippen molar-refractivity contribution in [3.05, 3.63) is 50.1 Å². The molecule has 1 amide bonds. The zero-order valence-corrected chi connectivity index (χ0v) is 21.9. The van der Waals surface area contributed by atoms with Gasteiger partial charge in [0.2, 0.25) is 11.9 Å². The van der Waals surface area contributed by atoms with Crippen molar-refractivity contribution in [2.45, 2.75) is 32.5 Å². The van der Waals surface area contributed by atoms with E-state index in [1.54, 1.807) is 18.2 Å². The summed E-state index contributed by atoms with van der Waals surface area (Å²) in [5.74, 6) is 0.811. The number of aromatic nitrogens is 4. The summed E-state index contributed by atoms with van der Waals surface area (Å²) in [4.78, 5) is 49.1. The molecule has 0 spiro atoms. The Morgan fingerprint density at radius 3 is 2.63 bits per heavy atom. The topological polar surface area (TPSA) is 144 Å². The van der Waals surface area contributed by atoms with Gasteiger partial charge in [-0.15, -0.1) is 0 Å². The van der Waals surface area contributed by atoms with E-state index in [2.05, 4.69) is 27.5 Å². The summed E-state index contributed by atoms with van der Waals surface area (Å²) in [5, 5.41) is 16.2. The van der Waals surface area contributed by atoms with Crippen LogP contribution >= 0.6 is 11.6 Å². The van der Waals surface area contributed by atoms with E-state index in [4.69, 9.17) is 16.3 Å². The van der Waals surface area contributed by atoms with Crippen LogP contribution in [0.15, 0.2) is 34.0 Å². The number of hydrogen-bond donors (Lipinski definition) is 3. The number of ether oxygens (including phenoxy) is 1. The molecule has 38 heavy (non-hydrogen) atoms. The lowest BCUT2D eigenvalue weighted by Crippen LogP contribution is -2.45. The number of carbonyl (C=O) groups excluding carboxylic acids is 1. The van der Waals surface area contributed by atoms with Gasteiger partial charge in [-0.3, -0.25) is 19.0 Å². The van der Waals surface area contributed by atoms with Crippen molar-refractivity contribution in [2.24, 2.45) is 11.8 Å². The number of nitrogens with one attached hydrogen (secondary N) is 2. The van der Waals surface area contributed by atoms with Gasteiger partial charge in [-0.1, -0.05) is 18.5 Å². The van der Waals surface area contributed by atoms with Crippen molar-refractivity contribution in [3.63, 3.8) is 0 Å². The quantitative estimate of drug-likeness (QED) is 0.371. The maximum absolute atomic E-state index is 13.1. The van der Waals surface area contributed by atoms with Crippen molar-refractivity contribution in [1.82, 2.24) is 24.4 Å². The number of likely N-dealkylation sites (N-methyl/N-ethyl adjacent to an activating group) is 1. The van der Waals surface area contributed by atoms with Gasteiger partial charge < -0.3 is 29.9 Å². The average molecular weight is 544 g/mol. The lowest BCUT2D eigenvalue weighted by atomic mass is 9.98. The largest absolute Gasteiger partial charge is 0.391 e. The van der Waals surface area contributed by atoms with Crippen LogP contribution in [0.3, 0.4) is 0 Å². The smallest absolute Gasteiger partial charge is 0.317 e. The lowest BCUT2D eigenvalue weighted by Gasteiger charge is -2.34. The minimum atomic E-state index is -0.779. The summed E-state index contributed by atoms with van der Waals surface area (Å²) in [6, 6.07) is 5.18. The molecule has 4 heterocycles. The van der Waals surface area contributed by atoms with Gasteiger partial charge in [0, 0.05) is 38.3 Å². The number of amides is 1. The fourth-order valence-corrected chi connectivity index (χ4v) is 5.06. The van der Waals surface area contributed by atoms with Crippen LogP contribution < -0.4 is 26.7 Å². The maximum atomic E-state index is 13.1. The highest BCUT2D eigenvalue weighted by molar-refractivity contribution is 6.32. The van der Waals surface area contributed by atoms with E-state index >= 15 is 0 Å². The number of nitrogens with zero attached hydrogens (tertiary/aromatic N) is 5. The predicted octanol–water partition coefficient (Wildman–Crippen LogP) is 0.950. The van der Waals surface area contributed by atoms with Crippen molar-refractivity contribution in [2.75, 3.05) is 43.6 Å². The van der Waals surface area contributed by atoms with E-state index in [1.807, 2.05) is 4.90 Å². The number of rotatable bonds is 7. The molecule has 2 unspecified atom stereocenters. The molecule has 0 bridgehead atoms. The maximum Gasteiger partial charge on any atom is 0.317 e. The number of halogens is 1. The number of β-amino-alcohol motifs (C(OH)–C–C–N with tert-alkyl or cyclic N) is 1. The molecule has 1 aromatic carbocycles. The summed E-state index contributed by atoms with van der Waals surface area (Å²) in [6.07, 6.45) is 1.76. The number of piperidine rings is 1. The molecule has 3 N–H and O–H groups in total. The third-order valence-electron chi connectivity index (χ3n) is 6.87. The number of anilines is 3. The number of carbonyl (C=O) groups is 1. The molecule has 2 aliphatic heterocycles. The standard InChI is InChI=1S/C25H30ClN7O5/c1-14-5-17(34)10-31(8-14)25-28-7-18(26)22(30-25)29-16-3-4-19-20(6-16)33(11-21(35)27-2)24(37)23(36)32(19)9-15-12-38-13-15/h3-4,6-7,14-15,17,34H,5,8-13H2,1-2H3,(H,27,35)(H,28,29,30). The second kappa shape index (κ2) is 10.7. The van der Waals surface area contributed by atoms with Crippen LogP contribution in [0.25, 0.3) is 11.0 Å². The van der Waals surface area contributed by atoms with Gasteiger partial charge in [0.15, 0.2) is 5.82 Å². The van der Waals surface area contributed by atoms with Crippen molar-refractivity contribution in [3.8, 4) is 0 Å². The van der Waals surface area contributed by atoms with Crippen molar-refractivity contribution in [1.29, 1.82) is 0 Å². The molecular formula is C25H30ClN7O5. The third kappa shape index (κ3) is 5.24. The zero-order chi connectivity index (χ0) is 27.0. The number of aliphatic hydroxyl groups is 1. The Morgan fingerprint density at radius 1 is 1.18 bits per heavy atom. The van der Waals surface area contributed by atoms with E-state index in [9.17, 15) is 19.5 Å². The van der Waals surface area contributed by atoms with E-state index in [0.717, 1.165) is 6.42 Å². The summed E-state index contributed by atoms with van der Waals surface area (Å²) in [5.41, 5.74) is 0.0379. The number of aliphatic hydroxyl groups excluding tert-OH is 1. The van der Waals surface area contributed by atoms with Crippen LogP contribution in [-0.4, -0.2) is 69.6 Å². The van der Waals surface area contributed by atoms with E-state index in [-0.39, 0.29) is 23.4 Å². The number of fused-ring (bicyclic) bond motifs is 1. The molecule has 0 saturated carbocycles. The van der Waals surface area contributed by atoms with E-state index < -0.39 is 23.1 Å². The molecular weight excluding hydrogens is 514 g/mol. The van der Waals surface area contributed by atoms with Crippen LogP contribution in [0.1, 0.15) is 13.3 Å². The summed E-state index contributed by atoms with van der Waals surface area (Å²) < 4.78 is 7.87. The Kier molecular flexibility index (Phi) is 7.37. The van der Waals surface area contributed by atoms with E-state index in [1.165, 1.54) is 22.4 Å². The minimum Gasteiger partial charge on any atom is -0.391 e. The van der Waals surface area contributed by atoms with Crippen LogP contribution in [-0.2, 0) is 22.6 Å². The molecule has 0 aliphatic carbocycles. The molecule has 2 fully saturated rings. The second-order valence-electron chi connectivity index (χ2n) is 9.98. The third-order valence-corrected chi connectivity index (χ3v) is 7.15. The molecule has 3 aromatic rings. The molecule has 13 heteroatoms. The monoisotopic (exact) mass is 543 g/mol. The normalized spacial score (nSPS) is 19.8. The Morgan fingerprint density at radius 2 is 1.95 bits per heavy atom. The SMILES string of the molecule is CNC(=O)Cn1c(=O)c(=O)n(CC2COC2)c2ccc(Nc3nc(N4CC(C)CC(O)C4)ncc3Cl)cc21. The van der Waals surface area contributed by atoms with Gasteiger partial charge in [0.1, 0.15) is 11.6 Å². The van der Waals surface area contributed by atoms with Gasteiger partial charge in [0.05, 0.1) is 36.5 Å². The molecule has 0 radical (unpaired) electrons. The molecule has 2 aliphatic rings. The van der Waals surface area contributed by atoms with Crippen LogP contribution in [0.2, 0.25) is 5.02 Å². The van der Waals surface area contributed by atoms with E-state index in [0.29, 0.717) is 61.3 Å². The fourth-order valence-electron chi connectivity index (χ4n) is 4.92. The van der Waals surface area contributed by atoms with Crippen LogP contribution in [0.5, 0.6) is 0 Å². The minimum absolute atomic E-state index is 0.136. The van der Waals surface area contributed by atoms with Gasteiger partial charge in [-0.25, -0.2) is 4.98 Å². The predicted molar refractivity (Wildman–Crippen MR) is 143 cm³/mol. The Labute approximate surface area is 223 Å². The molecule has 12 nitrogen and oxygen atoms in total. The Balaban J connectivity index is 1.54. The first kappa shape index (κ1) is 26.1. The summed E-state index contributed by atoms with van der Waals surface area (Å²) in [6.45, 7) is 4.30. The number of hydrogen-bond acceptors (Lipinski definition) is 9. The fraction of sp³-hybridized carbons (Fsp3) is 0.480. The Bertz CT molecular complexity index is 1480. The average Bonchev–Trinajstić information content (AvgIpc) is 2.86. The summed E-state index contributed by atoms with van der Waals surface area (Å²) in [7, 11) is 1.47. The molecule has 2 saturated heterocycles. The van der Waals surface area contributed by atoms with Crippen LogP contribution in [0.4, 0.5) is 17.5 Å². The molecule has 2 atom stereocenters. The first-order valence-electron chi connectivity index (χ1n) is 12.5. The van der Waals surface area contributed by atoms with Gasteiger partial charge in [-0.2, -0.15) is 4.98 Å². The second-order valence-corrected chi connectivity index (χ2v) is 10.4. The zero-order valence-electron chi connectivity index (χ0n) is 21.2. The van der Waals surface area contributed by atoms with Gasteiger partial charge in [-0.05, 0) is 30.5 Å². The highest BCUT2D eigenvalue weighted by Crippen LogP contribution is 2.28. The van der Waals surface area contributed by atoms with Gasteiger partial charge >= 0.3 is 11.1 Å². The van der Waals surface area contributed by atoms with Crippen molar-refractivity contribution >= 4 is 46.0 Å². The first-order valence-corrected chi connectivity index (χ1v) is 12.9. The van der Waals surface area contributed by atoms with Crippen molar-refractivity contribution < 1.29 is 14.6 Å². The first-order chi connectivity index (χ1) is 18.2. The summed E-state index contributed by atoms with van der Waals surface area (Å²) >= 11 is 6.41. The highest BCUT2D eigenvalue weighted by Gasteiger charge is 2.26. The number of benzene rings is 1. The Hall–Kier alpha value is -3.48. The van der Waals surface area contributed by atoms with Gasteiger partial charge in [0.25, 0.3) is 0 Å². The molecule has 2 aromatic heterocycles. The highest BCUT2D eigenvalue weighted by atomic mass is 35.5. The molecule has 202 valence electrons. The lowest BCUT2D eigenvalue weighted by molar-refractivity contribution is -0.121.